The lowest BCUT2D eigenvalue weighted by atomic mass is 10.2. The maximum atomic E-state index is 12.1. The third kappa shape index (κ3) is 5.44. The van der Waals surface area contributed by atoms with Crippen molar-refractivity contribution < 1.29 is 23.1 Å². The summed E-state index contributed by atoms with van der Waals surface area (Å²) < 4.78 is 30.6. The highest BCUT2D eigenvalue weighted by atomic mass is 79.9. The van der Waals surface area contributed by atoms with Crippen molar-refractivity contribution in [3.8, 4) is 11.5 Å². The van der Waals surface area contributed by atoms with Gasteiger partial charge < -0.3 is 9.84 Å². The Morgan fingerprint density at radius 2 is 2.00 bits per heavy atom. The molecule has 0 saturated carbocycles. The minimum atomic E-state index is -3.69. The summed E-state index contributed by atoms with van der Waals surface area (Å²) in [4.78, 5) is 12.1. The predicted octanol–water partition coefficient (Wildman–Crippen LogP) is 2.08. The number of aromatic hydroxyl groups is 1. The van der Waals surface area contributed by atoms with Gasteiger partial charge >= 0.3 is 0 Å². The van der Waals surface area contributed by atoms with Crippen LogP contribution in [0, 0.1) is 0 Å². The van der Waals surface area contributed by atoms with Crippen molar-refractivity contribution in [2.75, 3.05) is 24.2 Å². The van der Waals surface area contributed by atoms with Crippen LogP contribution in [-0.2, 0) is 14.8 Å². The van der Waals surface area contributed by atoms with Gasteiger partial charge in [-0.05, 0) is 40.2 Å². The Kier molecular flexibility index (Phi) is 6.81. The highest BCUT2D eigenvalue weighted by Crippen LogP contribution is 2.28. The summed E-state index contributed by atoms with van der Waals surface area (Å²) in [5.41, 5.74) is 2.92. The molecule has 0 radical (unpaired) electrons. The molecule has 2 aromatic rings. The standard InChI is InChI=1S/C17H18BrN3O5S/c1-26-15-9-5-6-12(17(15)23)10-19-20-16(22)11-21(27(2,24)25)14-8-4-3-7-13(14)18/h3-10,23H,11H2,1-2H3,(H,20,22)/b19-10+. The van der Waals surface area contributed by atoms with Gasteiger partial charge in [0.2, 0.25) is 10.0 Å². The van der Waals surface area contributed by atoms with E-state index in [1.54, 1.807) is 42.5 Å². The molecule has 2 aromatic carbocycles. The van der Waals surface area contributed by atoms with Crippen LogP contribution < -0.4 is 14.5 Å². The Labute approximate surface area is 165 Å². The molecule has 0 unspecified atom stereocenters. The van der Waals surface area contributed by atoms with Crippen molar-refractivity contribution in [3.63, 3.8) is 0 Å². The normalized spacial score (nSPS) is 11.4. The molecule has 0 atom stereocenters. The number of ether oxygens (including phenoxy) is 1. The summed E-state index contributed by atoms with van der Waals surface area (Å²) in [5.74, 6) is -0.499. The topological polar surface area (TPSA) is 108 Å². The Hall–Kier alpha value is -2.59. The van der Waals surface area contributed by atoms with Crippen molar-refractivity contribution in [2.24, 2.45) is 5.10 Å². The minimum absolute atomic E-state index is 0.121. The molecule has 10 heteroatoms. The number of hydrogen-bond acceptors (Lipinski definition) is 6. The smallest absolute Gasteiger partial charge is 0.260 e. The van der Waals surface area contributed by atoms with E-state index in [1.807, 2.05) is 0 Å². The summed E-state index contributed by atoms with van der Waals surface area (Å²) in [6.45, 7) is -0.455. The maximum Gasteiger partial charge on any atom is 0.260 e. The van der Waals surface area contributed by atoms with E-state index in [0.717, 1.165) is 10.6 Å². The lowest BCUT2D eigenvalue weighted by molar-refractivity contribution is -0.119. The van der Waals surface area contributed by atoms with Gasteiger partial charge in [-0.25, -0.2) is 13.8 Å². The van der Waals surface area contributed by atoms with Crippen LogP contribution in [0.25, 0.3) is 0 Å². The molecule has 0 bridgehead atoms. The van der Waals surface area contributed by atoms with E-state index in [2.05, 4.69) is 26.5 Å². The summed E-state index contributed by atoms with van der Waals surface area (Å²) >= 11 is 3.28. The molecule has 144 valence electrons. The Morgan fingerprint density at radius 3 is 2.63 bits per heavy atom. The number of nitrogens with one attached hydrogen (secondary N) is 1. The molecular formula is C17H18BrN3O5S. The number of phenols is 1. The number of halogens is 1. The number of para-hydroxylation sites is 2. The summed E-state index contributed by atoms with van der Waals surface area (Å²) in [5, 5.41) is 13.7. The first-order chi connectivity index (χ1) is 12.7. The van der Waals surface area contributed by atoms with Crippen LogP contribution in [0.4, 0.5) is 5.69 Å². The van der Waals surface area contributed by atoms with Crippen LogP contribution in [0.5, 0.6) is 11.5 Å². The maximum absolute atomic E-state index is 12.1. The molecular weight excluding hydrogens is 438 g/mol. The molecule has 0 aliphatic rings. The molecule has 0 heterocycles. The van der Waals surface area contributed by atoms with Crippen LogP contribution in [0.15, 0.2) is 52.0 Å². The van der Waals surface area contributed by atoms with E-state index in [4.69, 9.17) is 4.74 Å². The number of amides is 1. The van der Waals surface area contributed by atoms with E-state index in [0.29, 0.717) is 15.7 Å². The van der Waals surface area contributed by atoms with Crippen LogP contribution in [0.3, 0.4) is 0 Å². The lowest BCUT2D eigenvalue weighted by Crippen LogP contribution is -2.39. The predicted molar refractivity (Wildman–Crippen MR) is 107 cm³/mol. The van der Waals surface area contributed by atoms with Crippen molar-refractivity contribution in [1.82, 2.24) is 5.43 Å². The fraction of sp³-hybridized carbons (Fsp3) is 0.176. The van der Waals surface area contributed by atoms with Gasteiger partial charge in [-0.3, -0.25) is 9.10 Å². The molecule has 0 aliphatic heterocycles. The highest BCUT2D eigenvalue weighted by Gasteiger charge is 2.22. The van der Waals surface area contributed by atoms with Gasteiger partial charge in [0.05, 0.1) is 25.3 Å². The SMILES string of the molecule is COc1cccc(/C=N/NC(=O)CN(c2ccccc2Br)S(C)(=O)=O)c1O. The van der Waals surface area contributed by atoms with E-state index in [9.17, 15) is 18.3 Å². The summed E-state index contributed by atoms with van der Waals surface area (Å²) in [6, 6.07) is 11.5. The average molecular weight is 456 g/mol. The van der Waals surface area contributed by atoms with Gasteiger partial charge in [-0.1, -0.05) is 18.2 Å². The first-order valence-corrected chi connectivity index (χ1v) is 10.3. The van der Waals surface area contributed by atoms with Gasteiger partial charge in [0.1, 0.15) is 6.54 Å². The van der Waals surface area contributed by atoms with Crippen molar-refractivity contribution in [3.05, 3.63) is 52.5 Å². The van der Waals surface area contributed by atoms with Gasteiger partial charge in [0, 0.05) is 10.0 Å². The molecule has 0 aromatic heterocycles. The van der Waals surface area contributed by atoms with E-state index in [-0.39, 0.29) is 11.5 Å². The number of anilines is 1. The van der Waals surface area contributed by atoms with Gasteiger partial charge in [-0.2, -0.15) is 5.10 Å². The fourth-order valence-corrected chi connectivity index (χ4v) is 3.67. The van der Waals surface area contributed by atoms with Gasteiger partial charge in [0.25, 0.3) is 5.91 Å². The molecule has 0 aliphatic carbocycles. The number of phenolic OH excluding ortho intramolecular Hbond substituents is 1. The molecule has 2 rings (SSSR count). The van der Waals surface area contributed by atoms with Crippen LogP contribution in [-0.4, -0.2) is 45.6 Å². The number of carbonyl (C=O) groups excluding carboxylic acids is 1. The number of sulfonamides is 1. The number of hydrazone groups is 1. The molecule has 0 spiro atoms. The van der Waals surface area contributed by atoms with Crippen LogP contribution in [0.1, 0.15) is 5.56 Å². The number of hydrogen-bond donors (Lipinski definition) is 2. The summed E-state index contributed by atoms with van der Waals surface area (Å²) in [6.07, 6.45) is 2.25. The molecule has 2 N–H and O–H groups in total. The lowest BCUT2D eigenvalue weighted by Gasteiger charge is -2.22. The third-order valence-corrected chi connectivity index (χ3v) is 5.25. The van der Waals surface area contributed by atoms with Crippen molar-refractivity contribution in [2.45, 2.75) is 0 Å². The zero-order chi connectivity index (χ0) is 20.0. The van der Waals surface area contributed by atoms with Crippen LogP contribution >= 0.6 is 15.9 Å². The first-order valence-electron chi connectivity index (χ1n) is 7.64. The second-order valence-corrected chi connectivity index (χ2v) is 8.17. The Balaban J connectivity index is 2.12. The van der Waals surface area contributed by atoms with Gasteiger partial charge in [-0.15, -0.1) is 0 Å². The fourth-order valence-electron chi connectivity index (χ4n) is 2.18. The third-order valence-electron chi connectivity index (χ3n) is 3.45. The molecule has 8 nitrogen and oxygen atoms in total. The Morgan fingerprint density at radius 1 is 1.30 bits per heavy atom. The van der Waals surface area contributed by atoms with E-state index in [1.165, 1.54) is 13.3 Å². The van der Waals surface area contributed by atoms with E-state index >= 15 is 0 Å². The highest BCUT2D eigenvalue weighted by molar-refractivity contribution is 9.10. The monoisotopic (exact) mass is 455 g/mol. The number of nitrogens with zero attached hydrogens (tertiary/aromatic N) is 2. The largest absolute Gasteiger partial charge is 0.504 e. The van der Waals surface area contributed by atoms with Crippen molar-refractivity contribution >= 4 is 43.8 Å². The summed E-state index contributed by atoms with van der Waals surface area (Å²) in [7, 11) is -2.28. The first kappa shape index (κ1) is 20.7. The zero-order valence-corrected chi connectivity index (χ0v) is 17.0. The van der Waals surface area contributed by atoms with Crippen LogP contribution in [0.2, 0.25) is 0 Å². The number of rotatable bonds is 7. The second kappa shape index (κ2) is 8.87. The Bertz CT molecular complexity index is 963. The quantitative estimate of drug-likeness (QED) is 0.490. The number of methoxy groups -OCH3 is 1. The molecule has 0 fully saturated rings. The number of benzene rings is 2. The molecule has 27 heavy (non-hydrogen) atoms. The molecule has 1 amide bonds. The minimum Gasteiger partial charge on any atom is -0.504 e. The average Bonchev–Trinajstić information content (AvgIpc) is 2.61. The molecule has 0 saturated heterocycles. The second-order valence-electron chi connectivity index (χ2n) is 5.41. The number of carbonyl (C=O) groups is 1. The van der Waals surface area contributed by atoms with E-state index < -0.39 is 22.5 Å². The zero-order valence-electron chi connectivity index (χ0n) is 14.6. The van der Waals surface area contributed by atoms with Gasteiger partial charge in [0.15, 0.2) is 11.5 Å². The van der Waals surface area contributed by atoms with Crippen molar-refractivity contribution in [1.29, 1.82) is 0 Å².